The van der Waals surface area contributed by atoms with Crippen LogP contribution in [-0.4, -0.2) is 22.4 Å². The normalized spacial score (nSPS) is 15.1. The van der Waals surface area contributed by atoms with Crippen molar-refractivity contribution >= 4 is 18.1 Å². The molecule has 138 valence electrons. The van der Waals surface area contributed by atoms with E-state index in [1.807, 2.05) is 13.8 Å². The Morgan fingerprint density at radius 2 is 2.15 bits per heavy atom. The molecule has 1 aromatic heterocycles. The summed E-state index contributed by atoms with van der Waals surface area (Å²) in [5.74, 6) is -1.00. The molecule has 2 aromatic rings. The molecular weight excluding hydrogens is 362 g/mol. The molecule has 1 aromatic carbocycles. The van der Waals surface area contributed by atoms with Gasteiger partial charge >= 0.3 is 0 Å². The van der Waals surface area contributed by atoms with Crippen LogP contribution in [0.3, 0.4) is 0 Å². The molecule has 5 nitrogen and oxygen atoms in total. The lowest BCUT2D eigenvalue weighted by Crippen LogP contribution is -2.34. The quantitative estimate of drug-likeness (QED) is 0.793. The molecule has 26 heavy (non-hydrogen) atoms. The zero-order valence-electron chi connectivity index (χ0n) is 14.3. The molecular formula is C18H18F2N2O3S. The second-order valence-electron chi connectivity index (χ2n) is 6.58. The lowest BCUT2D eigenvalue weighted by Gasteiger charge is -2.33. The molecule has 0 atom stereocenters. The summed E-state index contributed by atoms with van der Waals surface area (Å²) in [6.07, 6.45) is 1.39. The van der Waals surface area contributed by atoms with Crippen molar-refractivity contribution in [3.05, 3.63) is 41.3 Å². The highest BCUT2D eigenvalue weighted by molar-refractivity contribution is 7.94. The van der Waals surface area contributed by atoms with Crippen molar-refractivity contribution in [3.8, 4) is 22.8 Å². The van der Waals surface area contributed by atoms with E-state index in [9.17, 15) is 13.1 Å². The Morgan fingerprint density at radius 1 is 1.38 bits per heavy atom. The first-order valence-corrected chi connectivity index (χ1v) is 8.88. The topological polar surface area (TPSA) is 74.4 Å². The van der Waals surface area contributed by atoms with Crippen molar-refractivity contribution in [2.75, 3.05) is 5.94 Å². The molecule has 0 fully saturated rings. The number of ether oxygens (including phenoxy) is 2. The summed E-state index contributed by atoms with van der Waals surface area (Å²) in [5, 5.41) is 0. The lowest BCUT2D eigenvalue weighted by molar-refractivity contribution is 0.0774. The highest BCUT2D eigenvalue weighted by Crippen LogP contribution is 2.41. The molecule has 2 heterocycles. The summed E-state index contributed by atoms with van der Waals surface area (Å²) in [6.45, 7) is 3.86. The third-order valence-corrected chi connectivity index (χ3v) is 4.39. The second-order valence-corrected chi connectivity index (χ2v) is 7.03. The standard InChI is InChI=1S/C18H18F2N2O3S/c1-18(2)6-5-12-13(8-14(16(21)23)22-17(12)25-18)11-4-3-10(19)7-15(11)24-9-26-20/h3-4,7-8H,5-6,9H2,1-2H3,(H2,21,23). The zero-order chi connectivity index (χ0) is 18.9. The summed E-state index contributed by atoms with van der Waals surface area (Å²) < 4.78 is 37.3. The van der Waals surface area contributed by atoms with E-state index in [4.69, 9.17) is 15.2 Å². The van der Waals surface area contributed by atoms with E-state index in [1.54, 1.807) is 0 Å². The van der Waals surface area contributed by atoms with Gasteiger partial charge in [-0.1, -0.05) is 0 Å². The monoisotopic (exact) mass is 380 g/mol. The van der Waals surface area contributed by atoms with Gasteiger partial charge in [0, 0.05) is 17.2 Å². The maximum absolute atomic E-state index is 13.6. The van der Waals surface area contributed by atoms with Crippen molar-refractivity contribution in [2.24, 2.45) is 5.73 Å². The van der Waals surface area contributed by atoms with Gasteiger partial charge in [-0.2, -0.15) is 3.89 Å². The van der Waals surface area contributed by atoms with Crippen molar-refractivity contribution in [2.45, 2.75) is 32.3 Å². The van der Waals surface area contributed by atoms with Crippen LogP contribution in [-0.2, 0) is 6.42 Å². The van der Waals surface area contributed by atoms with Crippen LogP contribution in [0, 0.1) is 5.82 Å². The number of nitrogens with two attached hydrogens (primary N) is 1. The number of rotatable bonds is 5. The Morgan fingerprint density at radius 3 is 2.85 bits per heavy atom. The molecule has 0 saturated heterocycles. The molecule has 0 spiro atoms. The Labute approximate surface area is 154 Å². The summed E-state index contributed by atoms with van der Waals surface area (Å²) in [4.78, 5) is 15.9. The van der Waals surface area contributed by atoms with Crippen LogP contribution in [0.5, 0.6) is 11.6 Å². The van der Waals surface area contributed by atoms with E-state index in [2.05, 4.69) is 4.98 Å². The number of aromatic nitrogens is 1. The average Bonchev–Trinajstić information content (AvgIpc) is 2.58. The Bertz CT molecular complexity index is 859. The molecule has 1 amide bonds. The van der Waals surface area contributed by atoms with Gasteiger partial charge in [0.25, 0.3) is 5.91 Å². The maximum Gasteiger partial charge on any atom is 0.267 e. The summed E-state index contributed by atoms with van der Waals surface area (Å²) >= 11 is -0.0130. The molecule has 8 heteroatoms. The third kappa shape index (κ3) is 3.75. The van der Waals surface area contributed by atoms with Crippen LogP contribution in [0.25, 0.3) is 11.1 Å². The van der Waals surface area contributed by atoms with E-state index in [-0.39, 0.29) is 29.5 Å². The smallest absolute Gasteiger partial charge is 0.267 e. The molecule has 0 bridgehead atoms. The fourth-order valence-electron chi connectivity index (χ4n) is 2.90. The van der Waals surface area contributed by atoms with Crippen LogP contribution >= 0.6 is 12.1 Å². The second kappa shape index (κ2) is 7.11. The number of nitrogens with zero attached hydrogens (tertiary/aromatic N) is 1. The van der Waals surface area contributed by atoms with E-state index < -0.39 is 17.3 Å². The third-order valence-electron chi connectivity index (χ3n) is 4.18. The van der Waals surface area contributed by atoms with E-state index in [1.165, 1.54) is 24.3 Å². The van der Waals surface area contributed by atoms with Gasteiger partial charge in [0.05, 0.1) is 12.1 Å². The zero-order valence-corrected chi connectivity index (χ0v) is 15.2. The first-order chi connectivity index (χ1) is 12.3. The number of fused-ring (bicyclic) bond motifs is 1. The average molecular weight is 380 g/mol. The fourth-order valence-corrected chi connectivity index (χ4v) is 3.07. The molecule has 0 unspecified atom stereocenters. The van der Waals surface area contributed by atoms with Crippen molar-refractivity contribution in [1.29, 1.82) is 0 Å². The largest absolute Gasteiger partial charge is 0.480 e. The van der Waals surface area contributed by atoms with Gasteiger partial charge in [0.1, 0.15) is 22.9 Å². The van der Waals surface area contributed by atoms with Crippen LogP contribution < -0.4 is 15.2 Å². The van der Waals surface area contributed by atoms with Crippen LogP contribution in [0.1, 0.15) is 36.3 Å². The first-order valence-electron chi connectivity index (χ1n) is 8.00. The maximum atomic E-state index is 13.6. The highest BCUT2D eigenvalue weighted by Gasteiger charge is 2.31. The van der Waals surface area contributed by atoms with Gasteiger partial charge in [-0.25, -0.2) is 9.37 Å². The minimum Gasteiger partial charge on any atom is -0.480 e. The SMILES string of the molecule is CC1(C)CCc2c(-c3ccc(F)cc3OCSF)cc(C(N)=O)nc2O1. The molecule has 2 N–H and O–H groups in total. The lowest BCUT2D eigenvalue weighted by atomic mass is 9.90. The van der Waals surface area contributed by atoms with E-state index >= 15 is 0 Å². The minimum absolute atomic E-state index is 0.0130. The molecule has 1 aliphatic heterocycles. The van der Waals surface area contributed by atoms with Gasteiger partial charge < -0.3 is 15.2 Å². The Balaban J connectivity index is 2.19. The van der Waals surface area contributed by atoms with Gasteiger partial charge in [0.15, 0.2) is 5.94 Å². The minimum atomic E-state index is -0.704. The van der Waals surface area contributed by atoms with Gasteiger partial charge in [-0.3, -0.25) is 4.79 Å². The Hall–Kier alpha value is -2.35. The molecule has 0 saturated carbocycles. The number of benzene rings is 1. The van der Waals surface area contributed by atoms with Gasteiger partial charge in [-0.05, 0) is 50.5 Å². The van der Waals surface area contributed by atoms with Crippen LogP contribution in [0.15, 0.2) is 24.3 Å². The number of hydrogen-bond acceptors (Lipinski definition) is 5. The Kier molecular flexibility index (Phi) is 5.04. The molecule has 3 rings (SSSR count). The molecule has 1 aliphatic rings. The first kappa shape index (κ1) is 18.4. The number of amides is 1. The number of pyridine rings is 1. The highest BCUT2D eigenvalue weighted by atomic mass is 32.2. The van der Waals surface area contributed by atoms with Crippen LogP contribution in [0.4, 0.5) is 8.28 Å². The van der Waals surface area contributed by atoms with Crippen molar-refractivity contribution in [1.82, 2.24) is 4.98 Å². The van der Waals surface area contributed by atoms with Crippen molar-refractivity contribution < 1.29 is 22.5 Å². The fraction of sp³-hybridized carbons (Fsp3) is 0.333. The van der Waals surface area contributed by atoms with Crippen molar-refractivity contribution in [3.63, 3.8) is 0 Å². The molecule has 0 radical (unpaired) electrons. The number of carbonyl (C=O) groups excluding carboxylic acids is 1. The number of primary amides is 1. The summed E-state index contributed by atoms with van der Waals surface area (Å²) in [6, 6.07) is 5.50. The van der Waals surface area contributed by atoms with Gasteiger partial charge in [-0.15, -0.1) is 0 Å². The van der Waals surface area contributed by atoms with E-state index in [0.717, 1.165) is 12.0 Å². The predicted molar refractivity (Wildman–Crippen MR) is 95.4 cm³/mol. The summed E-state index contributed by atoms with van der Waals surface area (Å²) in [5.41, 5.74) is 6.91. The van der Waals surface area contributed by atoms with Crippen LogP contribution in [0.2, 0.25) is 0 Å². The predicted octanol–water partition coefficient (Wildman–Crippen LogP) is 4.04. The molecule has 0 aliphatic carbocycles. The van der Waals surface area contributed by atoms with Gasteiger partial charge in [0.2, 0.25) is 5.88 Å². The van der Waals surface area contributed by atoms with E-state index in [0.29, 0.717) is 23.4 Å². The number of halogens is 2. The number of carbonyl (C=O) groups is 1. The summed E-state index contributed by atoms with van der Waals surface area (Å²) in [7, 11) is 0. The number of hydrogen-bond donors (Lipinski definition) is 1.